The molecule has 2 aromatic rings. The summed E-state index contributed by atoms with van der Waals surface area (Å²) in [5.74, 6) is 0.136. The fraction of sp³-hybridized carbons (Fsp3) is 0.143. The maximum atomic E-state index is 10.9. The second kappa shape index (κ2) is 3.61. The summed E-state index contributed by atoms with van der Waals surface area (Å²) < 4.78 is 21.9. The van der Waals surface area contributed by atoms with Gasteiger partial charge in [-0.05, 0) is 6.92 Å². The molecule has 0 aliphatic heterocycles. The first-order valence-corrected chi connectivity index (χ1v) is 5.75. The Morgan fingerprint density at radius 2 is 2.06 bits per heavy atom. The van der Waals surface area contributed by atoms with Gasteiger partial charge in [-0.15, -0.1) is 0 Å². The number of nitrogens with one attached hydrogen (secondary N) is 1. The highest BCUT2D eigenvalue weighted by molar-refractivity contribution is 7.89. The highest BCUT2D eigenvalue weighted by atomic mass is 32.2. The van der Waals surface area contributed by atoms with Crippen LogP contribution >= 0.6 is 0 Å². The van der Waals surface area contributed by atoms with Gasteiger partial charge in [0.2, 0.25) is 5.82 Å². The molecular weight excluding hydrogens is 232 g/mol. The summed E-state index contributed by atoms with van der Waals surface area (Å²) in [6, 6.07) is 0. The Labute approximate surface area is 91.0 Å². The fourth-order valence-corrected chi connectivity index (χ4v) is 1.38. The summed E-state index contributed by atoms with van der Waals surface area (Å²) in [6.45, 7) is 1.78. The first-order chi connectivity index (χ1) is 7.47. The number of aromatic nitrogens is 5. The maximum absolute atomic E-state index is 10.9. The summed E-state index contributed by atoms with van der Waals surface area (Å²) in [6.07, 6.45) is 2.98. The zero-order valence-electron chi connectivity index (χ0n) is 8.25. The smallest absolute Gasteiger partial charge is 0.258 e. The van der Waals surface area contributed by atoms with E-state index >= 15 is 0 Å². The average molecular weight is 240 g/mol. The first-order valence-electron chi connectivity index (χ1n) is 4.21. The van der Waals surface area contributed by atoms with Crippen LogP contribution < -0.4 is 5.14 Å². The molecule has 0 saturated heterocycles. The molecule has 0 spiro atoms. The zero-order valence-corrected chi connectivity index (χ0v) is 9.06. The number of rotatable bonds is 2. The van der Waals surface area contributed by atoms with E-state index in [2.05, 4.69) is 25.1 Å². The molecule has 16 heavy (non-hydrogen) atoms. The largest absolute Gasteiger partial charge is 0.273 e. The Balaban J connectivity index is 2.43. The predicted octanol–water partition coefficient (Wildman–Crippen LogP) is -0.782. The average Bonchev–Trinajstić information content (AvgIpc) is 2.67. The number of H-pyrrole nitrogens is 1. The number of hydrogen-bond donors (Lipinski definition) is 2. The molecule has 8 nitrogen and oxygen atoms in total. The van der Waals surface area contributed by atoms with Crippen LogP contribution in [0.1, 0.15) is 5.69 Å². The molecule has 9 heteroatoms. The second-order valence-corrected chi connectivity index (χ2v) is 4.53. The third kappa shape index (κ3) is 2.04. The number of nitrogens with zero attached hydrogens (tertiary/aromatic N) is 4. The van der Waals surface area contributed by atoms with Gasteiger partial charge >= 0.3 is 0 Å². The van der Waals surface area contributed by atoms with Crippen LogP contribution in [0.25, 0.3) is 11.5 Å². The lowest BCUT2D eigenvalue weighted by molar-refractivity contribution is 0.589. The molecular formula is C7H8N6O2S. The van der Waals surface area contributed by atoms with Gasteiger partial charge in [0.25, 0.3) is 15.2 Å². The van der Waals surface area contributed by atoms with Gasteiger partial charge < -0.3 is 0 Å². The van der Waals surface area contributed by atoms with Crippen molar-refractivity contribution in [1.82, 2.24) is 25.1 Å². The molecule has 0 saturated carbocycles. The standard InChI is InChI=1S/C7H8N6O2S/c1-4-2-10-5(3-9-4)6-11-7(13-12-6)16(8,14)15/h2-3H,1H3,(H2,8,14,15)(H,11,12,13). The van der Waals surface area contributed by atoms with Crippen molar-refractivity contribution in [2.24, 2.45) is 5.14 Å². The Bertz CT molecular complexity index is 602. The monoisotopic (exact) mass is 240 g/mol. The van der Waals surface area contributed by atoms with E-state index in [1.807, 2.05) is 0 Å². The van der Waals surface area contributed by atoms with Crippen molar-refractivity contribution in [3.63, 3.8) is 0 Å². The van der Waals surface area contributed by atoms with Crippen LogP contribution in [0.3, 0.4) is 0 Å². The van der Waals surface area contributed by atoms with E-state index in [0.717, 1.165) is 5.69 Å². The van der Waals surface area contributed by atoms with Crippen molar-refractivity contribution in [2.75, 3.05) is 0 Å². The lowest BCUT2D eigenvalue weighted by Crippen LogP contribution is -2.13. The lowest BCUT2D eigenvalue weighted by Gasteiger charge is -1.93. The van der Waals surface area contributed by atoms with Gasteiger partial charge in [0, 0.05) is 6.20 Å². The summed E-state index contributed by atoms with van der Waals surface area (Å²) >= 11 is 0. The number of aryl methyl sites for hydroxylation is 1. The van der Waals surface area contributed by atoms with Gasteiger partial charge in [0.05, 0.1) is 11.9 Å². The Hall–Kier alpha value is -1.87. The third-order valence-electron chi connectivity index (χ3n) is 1.74. The predicted molar refractivity (Wildman–Crippen MR) is 53.5 cm³/mol. The van der Waals surface area contributed by atoms with E-state index < -0.39 is 15.2 Å². The van der Waals surface area contributed by atoms with Crippen molar-refractivity contribution >= 4 is 10.0 Å². The van der Waals surface area contributed by atoms with Crippen LogP contribution in [0.4, 0.5) is 0 Å². The summed E-state index contributed by atoms with van der Waals surface area (Å²) in [7, 11) is -3.88. The molecule has 0 amide bonds. The van der Waals surface area contributed by atoms with E-state index in [-0.39, 0.29) is 5.82 Å². The normalized spacial score (nSPS) is 11.6. The third-order valence-corrected chi connectivity index (χ3v) is 2.47. The molecule has 0 unspecified atom stereocenters. The maximum Gasteiger partial charge on any atom is 0.273 e. The minimum Gasteiger partial charge on any atom is -0.258 e. The summed E-state index contributed by atoms with van der Waals surface area (Å²) in [5, 5.41) is 10.4. The van der Waals surface area contributed by atoms with Gasteiger partial charge in [0.15, 0.2) is 0 Å². The van der Waals surface area contributed by atoms with E-state index in [9.17, 15) is 8.42 Å². The highest BCUT2D eigenvalue weighted by Crippen LogP contribution is 2.11. The van der Waals surface area contributed by atoms with Gasteiger partial charge in [-0.1, -0.05) is 0 Å². The van der Waals surface area contributed by atoms with Crippen LogP contribution in [-0.4, -0.2) is 33.6 Å². The van der Waals surface area contributed by atoms with Crippen LogP contribution in [0.5, 0.6) is 0 Å². The number of sulfonamides is 1. The minimum atomic E-state index is -3.88. The summed E-state index contributed by atoms with van der Waals surface area (Å²) in [5.41, 5.74) is 1.11. The Kier molecular flexibility index (Phi) is 2.40. The topological polar surface area (TPSA) is 128 Å². The molecule has 0 aliphatic rings. The molecule has 84 valence electrons. The van der Waals surface area contributed by atoms with Crippen molar-refractivity contribution in [3.05, 3.63) is 18.1 Å². The molecule has 2 heterocycles. The molecule has 0 aromatic carbocycles. The van der Waals surface area contributed by atoms with Gasteiger partial charge in [-0.2, -0.15) is 10.1 Å². The van der Waals surface area contributed by atoms with E-state index in [4.69, 9.17) is 5.14 Å². The number of nitrogens with two attached hydrogens (primary N) is 1. The van der Waals surface area contributed by atoms with Gasteiger partial charge in [-0.25, -0.2) is 23.6 Å². The number of primary sulfonamides is 1. The summed E-state index contributed by atoms with van der Waals surface area (Å²) in [4.78, 5) is 11.7. The van der Waals surface area contributed by atoms with Gasteiger partial charge in [-0.3, -0.25) is 4.98 Å². The minimum absolute atomic E-state index is 0.136. The Morgan fingerprint density at radius 1 is 1.31 bits per heavy atom. The molecule has 3 N–H and O–H groups in total. The quantitative estimate of drug-likeness (QED) is 0.708. The molecule has 0 atom stereocenters. The molecule has 0 fully saturated rings. The lowest BCUT2D eigenvalue weighted by atomic mass is 10.4. The molecule has 2 aromatic heterocycles. The van der Waals surface area contributed by atoms with Crippen molar-refractivity contribution in [1.29, 1.82) is 0 Å². The highest BCUT2D eigenvalue weighted by Gasteiger charge is 2.15. The molecule has 0 radical (unpaired) electrons. The molecule has 0 bridgehead atoms. The van der Waals surface area contributed by atoms with Crippen LogP contribution in [0, 0.1) is 6.92 Å². The van der Waals surface area contributed by atoms with Crippen molar-refractivity contribution < 1.29 is 8.42 Å². The second-order valence-electron chi connectivity index (χ2n) is 3.05. The fourth-order valence-electron chi connectivity index (χ4n) is 0.997. The SMILES string of the molecule is Cc1cnc(-c2n[nH]c(S(N)(=O)=O)n2)cn1. The van der Waals surface area contributed by atoms with E-state index in [1.165, 1.54) is 12.4 Å². The van der Waals surface area contributed by atoms with Crippen molar-refractivity contribution in [2.45, 2.75) is 12.1 Å². The molecule has 0 aliphatic carbocycles. The van der Waals surface area contributed by atoms with Crippen LogP contribution in [0.2, 0.25) is 0 Å². The molecule has 2 rings (SSSR count). The number of hydrogen-bond acceptors (Lipinski definition) is 6. The Morgan fingerprint density at radius 3 is 2.56 bits per heavy atom. The van der Waals surface area contributed by atoms with Crippen LogP contribution in [-0.2, 0) is 10.0 Å². The van der Waals surface area contributed by atoms with E-state index in [1.54, 1.807) is 6.92 Å². The first kappa shape index (κ1) is 10.6. The van der Waals surface area contributed by atoms with Gasteiger partial charge in [0.1, 0.15) is 5.69 Å². The zero-order chi connectivity index (χ0) is 11.8. The van der Waals surface area contributed by atoms with E-state index in [0.29, 0.717) is 5.69 Å². The number of aromatic amines is 1. The van der Waals surface area contributed by atoms with Crippen molar-refractivity contribution in [3.8, 4) is 11.5 Å². The van der Waals surface area contributed by atoms with Crippen LogP contribution in [0.15, 0.2) is 17.6 Å².